The van der Waals surface area contributed by atoms with Crippen molar-refractivity contribution in [1.29, 1.82) is 0 Å². The van der Waals surface area contributed by atoms with E-state index in [1.54, 1.807) is 12.1 Å². The van der Waals surface area contributed by atoms with Crippen LogP contribution in [0.15, 0.2) is 94.7 Å². The van der Waals surface area contributed by atoms with Gasteiger partial charge >= 0.3 is 6.18 Å². The number of sulfone groups is 1. The molecule has 302 valence electrons. The molecule has 0 amide bonds. The third-order valence-corrected chi connectivity index (χ3v) is 10.3. The first-order chi connectivity index (χ1) is 26.3. The monoisotopic (exact) mass is 795 g/mol. The second-order valence-corrected chi connectivity index (χ2v) is 15.2. The molecule has 0 unspecified atom stereocenters. The van der Waals surface area contributed by atoms with Gasteiger partial charge in [-0.1, -0.05) is 20.8 Å². The van der Waals surface area contributed by atoms with Crippen LogP contribution in [0.4, 0.5) is 26.3 Å². The van der Waals surface area contributed by atoms with E-state index in [-0.39, 0.29) is 21.3 Å². The zero-order valence-electron chi connectivity index (χ0n) is 31.9. The summed E-state index contributed by atoms with van der Waals surface area (Å²) in [5.74, 6) is 1.01. The van der Waals surface area contributed by atoms with Gasteiger partial charge in [0.1, 0.15) is 28.8 Å². The first-order valence-corrected chi connectivity index (χ1v) is 19.5. The van der Waals surface area contributed by atoms with Crippen molar-refractivity contribution in [3.05, 3.63) is 107 Å². The fourth-order valence-electron chi connectivity index (χ4n) is 5.94. The molecule has 0 aliphatic carbocycles. The number of hydrogen-bond acceptors (Lipinski definition) is 7. The zero-order chi connectivity index (χ0) is 40.6. The summed E-state index contributed by atoms with van der Waals surface area (Å²) >= 11 is 0. The Morgan fingerprint density at radius 1 is 0.745 bits per heavy atom. The van der Waals surface area contributed by atoms with E-state index in [1.165, 1.54) is 60.7 Å². The molecule has 1 aliphatic rings. The van der Waals surface area contributed by atoms with Crippen molar-refractivity contribution in [2.24, 2.45) is 5.92 Å². The molecule has 1 saturated heterocycles. The molecule has 4 aromatic rings. The van der Waals surface area contributed by atoms with Crippen molar-refractivity contribution >= 4 is 9.84 Å². The van der Waals surface area contributed by atoms with Gasteiger partial charge in [0.15, 0.2) is 0 Å². The van der Waals surface area contributed by atoms with Crippen LogP contribution in [0.25, 0.3) is 0 Å². The van der Waals surface area contributed by atoms with Crippen molar-refractivity contribution < 1.29 is 44.2 Å². The molecular formula is C41H51F6N3O4S. The number of hydrogen-bond donors (Lipinski definition) is 1. The fraction of sp³-hybridized carbons (Fsp3) is 0.415. The average molecular weight is 796 g/mol. The van der Waals surface area contributed by atoms with Crippen LogP contribution < -0.4 is 14.8 Å². The Morgan fingerprint density at radius 2 is 1.27 bits per heavy atom. The summed E-state index contributed by atoms with van der Waals surface area (Å²) in [7, 11) is -2.95. The Balaban J connectivity index is 0.00000196. The van der Waals surface area contributed by atoms with Gasteiger partial charge in [0.2, 0.25) is 9.84 Å². The molecule has 1 heterocycles. The SMILES string of the molecule is CCCN(CCC(C)C)Cc1cc(F)cc(Oc2ccc(S(=O)(=O)c3ccc(Oc4cc(CN5CCNCC5)cc(C(F)(F)F)c4)cc3)cc2)c1.CF.CF. The highest BCUT2D eigenvalue weighted by atomic mass is 32.2. The lowest BCUT2D eigenvalue weighted by atomic mass is 10.1. The van der Waals surface area contributed by atoms with Gasteiger partial charge in [0, 0.05) is 45.3 Å². The minimum Gasteiger partial charge on any atom is -0.457 e. The Labute approximate surface area is 321 Å². The lowest BCUT2D eigenvalue weighted by Crippen LogP contribution is -2.42. The van der Waals surface area contributed by atoms with E-state index in [1.807, 2.05) is 0 Å². The second-order valence-electron chi connectivity index (χ2n) is 13.3. The van der Waals surface area contributed by atoms with E-state index in [4.69, 9.17) is 9.47 Å². The average Bonchev–Trinajstić information content (AvgIpc) is 3.16. The normalized spacial score (nSPS) is 13.5. The molecular weight excluding hydrogens is 745 g/mol. The van der Waals surface area contributed by atoms with E-state index in [0.717, 1.165) is 69.8 Å². The number of ether oxygens (including phenoxy) is 2. The molecule has 1 N–H and O–H groups in total. The lowest BCUT2D eigenvalue weighted by Gasteiger charge is -2.27. The van der Waals surface area contributed by atoms with Crippen molar-refractivity contribution in [3.8, 4) is 23.0 Å². The summed E-state index contributed by atoms with van der Waals surface area (Å²) < 4.78 is 113. The molecule has 14 heteroatoms. The maximum atomic E-state index is 14.6. The topological polar surface area (TPSA) is 71.1 Å². The number of alkyl halides is 5. The van der Waals surface area contributed by atoms with Crippen LogP contribution in [0.2, 0.25) is 0 Å². The highest BCUT2D eigenvalue weighted by Crippen LogP contribution is 2.35. The number of nitrogens with one attached hydrogen (secondary N) is 1. The molecule has 0 aromatic heterocycles. The van der Waals surface area contributed by atoms with E-state index in [9.17, 15) is 34.8 Å². The van der Waals surface area contributed by atoms with Crippen molar-refractivity contribution in [2.75, 3.05) is 53.6 Å². The number of nitrogens with zero attached hydrogens (tertiary/aromatic N) is 2. The molecule has 1 fully saturated rings. The Hall–Kier alpha value is -4.11. The number of benzene rings is 4. The molecule has 55 heavy (non-hydrogen) atoms. The molecule has 0 radical (unpaired) electrons. The maximum Gasteiger partial charge on any atom is 0.416 e. The Morgan fingerprint density at radius 3 is 1.78 bits per heavy atom. The third-order valence-electron chi connectivity index (χ3n) is 8.55. The van der Waals surface area contributed by atoms with Gasteiger partial charge in [-0.25, -0.2) is 12.8 Å². The predicted molar refractivity (Wildman–Crippen MR) is 204 cm³/mol. The number of rotatable bonds is 15. The molecule has 5 rings (SSSR count). The second kappa shape index (κ2) is 21.8. The van der Waals surface area contributed by atoms with Gasteiger partial charge in [-0.05, 0) is 122 Å². The minimum atomic E-state index is -4.56. The maximum absolute atomic E-state index is 14.6. The first-order valence-electron chi connectivity index (χ1n) is 18.0. The Kier molecular flexibility index (Phi) is 18.0. The molecule has 7 nitrogen and oxygen atoms in total. The molecule has 0 spiro atoms. The number of piperazine rings is 1. The van der Waals surface area contributed by atoms with Crippen LogP contribution in [0.1, 0.15) is 50.3 Å². The summed E-state index contributed by atoms with van der Waals surface area (Å²) in [6.07, 6.45) is -2.52. The molecule has 0 saturated carbocycles. The largest absolute Gasteiger partial charge is 0.457 e. The van der Waals surface area contributed by atoms with E-state index in [0.29, 0.717) is 50.4 Å². The number of halogens is 6. The first kappa shape index (κ1) is 45.3. The summed E-state index contributed by atoms with van der Waals surface area (Å²) in [4.78, 5) is 4.37. The van der Waals surface area contributed by atoms with Crippen LogP contribution in [-0.2, 0) is 29.1 Å². The van der Waals surface area contributed by atoms with Crippen LogP contribution in [0.5, 0.6) is 23.0 Å². The van der Waals surface area contributed by atoms with Crippen molar-refractivity contribution in [3.63, 3.8) is 0 Å². The molecule has 1 aliphatic heterocycles. The van der Waals surface area contributed by atoms with Crippen LogP contribution in [-0.4, -0.2) is 71.8 Å². The Bertz CT molecular complexity index is 1850. The van der Waals surface area contributed by atoms with Crippen LogP contribution in [0, 0.1) is 11.7 Å². The van der Waals surface area contributed by atoms with Gasteiger partial charge in [0.25, 0.3) is 0 Å². The van der Waals surface area contributed by atoms with E-state index in [2.05, 4.69) is 35.9 Å². The van der Waals surface area contributed by atoms with E-state index < -0.39 is 27.4 Å². The third kappa shape index (κ3) is 14.2. The highest BCUT2D eigenvalue weighted by Gasteiger charge is 2.32. The predicted octanol–water partition coefficient (Wildman–Crippen LogP) is 10.1. The van der Waals surface area contributed by atoms with Gasteiger partial charge < -0.3 is 14.8 Å². The smallest absolute Gasteiger partial charge is 0.416 e. The van der Waals surface area contributed by atoms with E-state index >= 15 is 0 Å². The fourth-order valence-corrected chi connectivity index (χ4v) is 7.20. The van der Waals surface area contributed by atoms with Gasteiger partial charge in [-0.2, -0.15) is 13.2 Å². The summed E-state index contributed by atoms with van der Waals surface area (Å²) in [5.41, 5.74) is 0.449. The molecule has 0 atom stereocenters. The van der Waals surface area contributed by atoms with Gasteiger partial charge in [-0.15, -0.1) is 0 Å². The minimum absolute atomic E-state index is 0.0102. The summed E-state index contributed by atoms with van der Waals surface area (Å²) in [6, 6.07) is 19.6. The van der Waals surface area contributed by atoms with Crippen LogP contribution >= 0.6 is 0 Å². The summed E-state index contributed by atoms with van der Waals surface area (Å²) in [6.45, 7) is 12.2. The lowest BCUT2D eigenvalue weighted by molar-refractivity contribution is -0.137. The molecule has 4 aromatic carbocycles. The zero-order valence-corrected chi connectivity index (χ0v) is 32.8. The standard InChI is InChI=1S/C39H45F4N3O4S.2CH3F/c1-4-16-45(17-13-28(2)3)27-30-21-32(40)25-36(23-30)50-34-7-11-38(12-8-34)51(47,48)37-9-5-33(6-10-37)49-35-22-29(20-31(24-35)39(41,42)43)26-46-18-14-44-15-19-46;2*1-2/h5-12,20-25,28,44H,4,13-19,26-27H2,1-3H3;2*1H3. The van der Waals surface area contributed by atoms with Crippen LogP contribution in [0.3, 0.4) is 0 Å². The summed E-state index contributed by atoms with van der Waals surface area (Å²) in [5, 5.41) is 3.23. The quantitative estimate of drug-likeness (QED) is 0.120. The van der Waals surface area contributed by atoms with Gasteiger partial charge in [-0.3, -0.25) is 18.6 Å². The van der Waals surface area contributed by atoms with Gasteiger partial charge in [0.05, 0.1) is 29.7 Å². The van der Waals surface area contributed by atoms with Crippen molar-refractivity contribution in [2.45, 2.75) is 62.7 Å². The van der Waals surface area contributed by atoms with Crippen molar-refractivity contribution in [1.82, 2.24) is 15.1 Å². The molecule has 0 bridgehead atoms. The highest BCUT2D eigenvalue weighted by molar-refractivity contribution is 7.91.